The van der Waals surface area contributed by atoms with Crippen LogP contribution in [0.5, 0.6) is 0 Å². The van der Waals surface area contributed by atoms with Crippen LogP contribution in [0.4, 0.5) is 0 Å². The zero-order chi connectivity index (χ0) is 11.3. The number of nitrogens with one attached hydrogen (secondary N) is 1. The van der Waals surface area contributed by atoms with Crippen LogP contribution in [-0.2, 0) is 0 Å². The highest BCUT2D eigenvalue weighted by Crippen LogP contribution is 2.07. The van der Waals surface area contributed by atoms with Gasteiger partial charge in [-0.05, 0) is 12.1 Å². The number of furan rings is 1. The number of aromatic carboxylic acids is 1. The van der Waals surface area contributed by atoms with Crippen LogP contribution in [0.3, 0.4) is 0 Å². The number of terminal acetylenes is 1. The van der Waals surface area contributed by atoms with Crippen molar-refractivity contribution in [2.75, 3.05) is 6.54 Å². The SMILES string of the molecule is C#CCCNC(=O)c1ccc(C(=O)O)o1. The van der Waals surface area contributed by atoms with Crippen LogP contribution in [0.2, 0.25) is 0 Å². The fraction of sp³-hybridized carbons (Fsp3) is 0.200. The highest BCUT2D eigenvalue weighted by Gasteiger charge is 2.13. The molecule has 0 bridgehead atoms. The van der Waals surface area contributed by atoms with Gasteiger partial charge in [-0.3, -0.25) is 4.79 Å². The quantitative estimate of drug-likeness (QED) is 0.563. The second-order valence-electron chi connectivity index (χ2n) is 2.68. The van der Waals surface area contributed by atoms with Crippen molar-refractivity contribution >= 4 is 11.9 Å². The fourth-order valence-corrected chi connectivity index (χ4v) is 0.910. The van der Waals surface area contributed by atoms with Crippen LogP contribution in [0.25, 0.3) is 0 Å². The Morgan fingerprint density at radius 2 is 2.13 bits per heavy atom. The Balaban J connectivity index is 2.59. The average molecular weight is 207 g/mol. The number of carbonyl (C=O) groups is 2. The molecule has 78 valence electrons. The summed E-state index contributed by atoms with van der Waals surface area (Å²) in [4.78, 5) is 21.7. The highest BCUT2D eigenvalue weighted by molar-refractivity contribution is 5.93. The lowest BCUT2D eigenvalue weighted by atomic mass is 10.4. The molecule has 1 amide bonds. The maximum atomic E-state index is 11.3. The number of amides is 1. The normalized spacial score (nSPS) is 9.27. The Morgan fingerprint density at radius 1 is 1.47 bits per heavy atom. The number of hydrogen-bond donors (Lipinski definition) is 2. The summed E-state index contributed by atoms with van der Waals surface area (Å²) in [6.45, 7) is 0.332. The van der Waals surface area contributed by atoms with Crippen LogP contribution in [0, 0.1) is 12.3 Å². The zero-order valence-corrected chi connectivity index (χ0v) is 7.82. The van der Waals surface area contributed by atoms with E-state index in [2.05, 4.69) is 11.2 Å². The van der Waals surface area contributed by atoms with Crippen molar-refractivity contribution in [2.24, 2.45) is 0 Å². The third-order valence-corrected chi connectivity index (χ3v) is 1.60. The van der Waals surface area contributed by atoms with E-state index in [1.165, 1.54) is 12.1 Å². The third-order valence-electron chi connectivity index (χ3n) is 1.60. The zero-order valence-electron chi connectivity index (χ0n) is 7.82. The average Bonchev–Trinajstić information content (AvgIpc) is 2.66. The number of rotatable bonds is 4. The van der Waals surface area contributed by atoms with E-state index in [0.717, 1.165) is 0 Å². The van der Waals surface area contributed by atoms with E-state index in [0.29, 0.717) is 13.0 Å². The Labute approximate surface area is 86.1 Å². The molecule has 0 unspecified atom stereocenters. The molecule has 1 heterocycles. The van der Waals surface area contributed by atoms with Gasteiger partial charge >= 0.3 is 5.97 Å². The lowest BCUT2D eigenvalue weighted by molar-refractivity contribution is 0.0659. The molecule has 1 rings (SSSR count). The van der Waals surface area contributed by atoms with E-state index in [1.54, 1.807) is 0 Å². The molecule has 1 aromatic rings. The molecule has 0 saturated heterocycles. The van der Waals surface area contributed by atoms with Gasteiger partial charge < -0.3 is 14.8 Å². The summed E-state index contributed by atoms with van der Waals surface area (Å²) in [5.74, 6) is 0.370. The van der Waals surface area contributed by atoms with Gasteiger partial charge in [-0.15, -0.1) is 12.3 Å². The van der Waals surface area contributed by atoms with E-state index >= 15 is 0 Å². The van der Waals surface area contributed by atoms with E-state index < -0.39 is 11.9 Å². The first kappa shape index (κ1) is 10.9. The van der Waals surface area contributed by atoms with Gasteiger partial charge in [-0.1, -0.05) is 0 Å². The van der Waals surface area contributed by atoms with Crippen LogP contribution in [-0.4, -0.2) is 23.5 Å². The Bertz CT molecular complexity index is 413. The Hall–Kier alpha value is -2.22. The molecule has 0 aliphatic carbocycles. The standard InChI is InChI=1S/C10H9NO4/c1-2-3-6-11-9(12)7-4-5-8(15-7)10(13)14/h1,4-5H,3,6H2,(H,11,12)(H,13,14). The van der Waals surface area contributed by atoms with Gasteiger partial charge in [0.05, 0.1) is 0 Å². The maximum absolute atomic E-state index is 11.3. The highest BCUT2D eigenvalue weighted by atomic mass is 16.4. The fourth-order valence-electron chi connectivity index (χ4n) is 0.910. The molecule has 15 heavy (non-hydrogen) atoms. The number of carbonyl (C=O) groups excluding carboxylic acids is 1. The molecule has 0 spiro atoms. The lowest BCUT2D eigenvalue weighted by Crippen LogP contribution is -2.23. The van der Waals surface area contributed by atoms with Gasteiger partial charge in [0.1, 0.15) is 0 Å². The summed E-state index contributed by atoms with van der Waals surface area (Å²) in [6.07, 6.45) is 5.41. The molecule has 0 saturated carbocycles. The van der Waals surface area contributed by atoms with Crippen molar-refractivity contribution < 1.29 is 19.1 Å². The molecule has 1 aromatic heterocycles. The topological polar surface area (TPSA) is 79.5 Å². The van der Waals surface area contributed by atoms with Gasteiger partial charge in [0.25, 0.3) is 5.91 Å². The first-order chi connectivity index (χ1) is 7.15. The minimum Gasteiger partial charge on any atom is -0.475 e. The minimum atomic E-state index is -1.21. The monoisotopic (exact) mass is 207 g/mol. The summed E-state index contributed by atoms with van der Waals surface area (Å²) in [5, 5.41) is 11.0. The number of hydrogen-bond acceptors (Lipinski definition) is 3. The van der Waals surface area contributed by atoms with E-state index in [-0.39, 0.29) is 11.5 Å². The van der Waals surface area contributed by atoms with Crippen molar-refractivity contribution in [2.45, 2.75) is 6.42 Å². The summed E-state index contributed by atoms with van der Waals surface area (Å²) in [5.41, 5.74) is 0. The molecule has 0 aliphatic rings. The van der Waals surface area contributed by atoms with E-state index in [9.17, 15) is 9.59 Å². The molecule has 0 aromatic carbocycles. The van der Waals surface area contributed by atoms with Crippen molar-refractivity contribution in [3.63, 3.8) is 0 Å². The number of carboxylic acids is 1. The minimum absolute atomic E-state index is 0.0376. The molecule has 0 radical (unpaired) electrons. The summed E-state index contributed by atoms with van der Waals surface area (Å²) in [7, 11) is 0. The molecular formula is C10H9NO4. The van der Waals surface area contributed by atoms with Crippen LogP contribution < -0.4 is 5.32 Å². The molecule has 2 N–H and O–H groups in total. The predicted molar refractivity (Wildman–Crippen MR) is 51.5 cm³/mol. The van der Waals surface area contributed by atoms with Crippen molar-refractivity contribution in [3.05, 3.63) is 23.7 Å². The summed E-state index contributed by atoms with van der Waals surface area (Å²) >= 11 is 0. The van der Waals surface area contributed by atoms with E-state index in [1.807, 2.05) is 0 Å². The molecular weight excluding hydrogens is 198 g/mol. The molecule has 5 heteroatoms. The van der Waals surface area contributed by atoms with Crippen molar-refractivity contribution in [1.29, 1.82) is 0 Å². The number of carboxylic acid groups (broad SMARTS) is 1. The van der Waals surface area contributed by atoms with Crippen molar-refractivity contribution in [3.8, 4) is 12.3 Å². The smallest absolute Gasteiger partial charge is 0.371 e. The van der Waals surface area contributed by atoms with E-state index in [4.69, 9.17) is 15.9 Å². The van der Waals surface area contributed by atoms with Crippen molar-refractivity contribution in [1.82, 2.24) is 5.32 Å². The second kappa shape index (κ2) is 4.86. The maximum Gasteiger partial charge on any atom is 0.371 e. The molecule has 0 aliphatic heterocycles. The Kier molecular flexibility index (Phi) is 3.52. The molecule has 5 nitrogen and oxygen atoms in total. The van der Waals surface area contributed by atoms with Crippen LogP contribution >= 0.6 is 0 Å². The first-order valence-corrected chi connectivity index (χ1v) is 4.20. The second-order valence-corrected chi connectivity index (χ2v) is 2.68. The first-order valence-electron chi connectivity index (χ1n) is 4.20. The third kappa shape index (κ3) is 2.88. The van der Waals surface area contributed by atoms with Crippen LogP contribution in [0.1, 0.15) is 27.5 Å². The summed E-state index contributed by atoms with van der Waals surface area (Å²) < 4.78 is 4.77. The molecule has 0 fully saturated rings. The van der Waals surface area contributed by atoms with Gasteiger partial charge in [-0.25, -0.2) is 4.79 Å². The lowest BCUT2D eigenvalue weighted by Gasteiger charge is -1.98. The summed E-state index contributed by atoms with van der Waals surface area (Å²) in [6, 6.07) is 2.52. The largest absolute Gasteiger partial charge is 0.475 e. The Morgan fingerprint density at radius 3 is 2.67 bits per heavy atom. The predicted octanol–water partition coefficient (Wildman–Crippen LogP) is 0.731. The van der Waals surface area contributed by atoms with Crippen LogP contribution in [0.15, 0.2) is 16.5 Å². The molecule has 0 atom stereocenters. The van der Waals surface area contributed by atoms with Gasteiger partial charge in [-0.2, -0.15) is 0 Å². The van der Waals surface area contributed by atoms with Gasteiger partial charge in [0, 0.05) is 13.0 Å². The van der Waals surface area contributed by atoms with Gasteiger partial charge in [0.2, 0.25) is 5.76 Å². The van der Waals surface area contributed by atoms with Gasteiger partial charge in [0.15, 0.2) is 5.76 Å².